The second-order valence-electron chi connectivity index (χ2n) is 6.48. The van der Waals surface area contributed by atoms with Crippen LogP contribution in [-0.4, -0.2) is 52.6 Å². The molecule has 0 unspecified atom stereocenters. The van der Waals surface area contributed by atoms with E-state index in [0.717, 1.165) is 17.9 Å². The van der Waals surface area contributed by atoms with Crippen molar-refractivity contribution in [3.05, 3.63) is 48.3 Å². The number of aliphatic hydroxyl groups is 1. The lowest BCUT2D eigenvalue weighted by Gasteiger charge is -2.48. The summed E-state index contributed by atoms with van der Waals surface area (Å²) in [6.07, 6.45) is 2.08. The zero-order valence-electron chi connectivity index (χ0n) is 13.9. The number of rotatable bonds is 2. The molecule has 0 bridgehead atoms. The topological polar surface area (TPSA) is 87.6 Å². The van der Waals surface area contributed by atoms with Gasteiger partial charge in [-0.05, 0) is 37.1 Å². The van der Waals surface area contributed by atoms with Gasteiger partial charge in [0.15, 0.2) is 5.69 Å². The number of hydrogen-bond donors (Lipinski definition) is 2. The second kappa shape index (κ2) is 6.33. The molecule has 1 fully saturated rings. The molecule has 2 aliphatic rings. The summed E-state index contributed by atoms with van der Waals surface area (Å²) in [6.45, 7) is 0. The summed E-state index contributed by atoms with van der Waals surface area (Å²) in [5.41, 5.74) is 1.19. The quantitative estimate of drug-likeness (QED) is 0.848. The SMILES string of the molecule is CN1c2ccccc2O[C@@H]2CC[C@@H](NC(=O)c3cccnn3)[C@@H](O)[C@@H]21. The van der Waals surface area contributed by atoms with Crippen LogP contribution in [0.15, 0.2) is 42.6 Å². The molecule has 1 aromatic heterocycles. The highest BCUT2D eigenvalue weighted by atomic mass is 16.5. The van der Waals surface area contributed by atoms with Crippen molar-refractivity contribution in [1.29, 1.82) is 0 Å². The van der Waals surface area contributed by atoms with Crippen LogP contribution < -0.4 is 15.0 Å². The summed E-state index contributed by atoms with van der Waals surface area (Å²) in [6, 6.07) is 10.5. The summed E-state index contributed by atoms with van der Waals surface area (Å²) in [4.78, 5) is 14.4. The first-order valence-corrected chi connectivity index (χ1v) is 8.40. The Morgan fingerprint density at radius 3 is 2.92 bits per heavy atom. The molecule has 0 radical (unpaired) electrons. The van der Waals surface area contributed by atoms with Crippen molar-refractivity contribution in [2.24, 2.45) is 0 Å². The number of benzene rings is 1. The maximum atomic E-state index is 12.3. The van der Waals surface area contributed by atoms with Crippen molar-refractivity contribution in [1.82, 2.24) is 15.5 Å². The summed E-state index contributed by atoms with van der Waals surface area (Å²) in [5.74, 6) is 0.510. The lowest BCUT2D eigenvalue weighted by Crippen LogP contribution is -2.64. The molecule has 7 heteroatoms. The second-order valence-corrected chi connectivity index (χ2v) is 6.48. The van der Waals surface area contributed by atoms with E-state index in [1.165, 1.54) is 6.20 Å². The minimum absolute atomic E-state index is 0.0976. The Kier molecular flexibility index (Phi) is 4.01. The van der Waals surface area contributed by atoms with E-state index in [-0.39, 0.29) is 29.8 Å². The Bertz CT molecular complexity index is 770. The molecule has 1 aromatic carbocycles. The van der Waals surface area contributed by atoms with E-state index in [4.69, 9.17) is 4.74 Å². The Balaban J connectivity index is 1.53. The molecule has 2 N–H and O–H groups in total. The Labute approximate surface area is 145 Å². The van der Waals surface area contributed by atoms with Crippen molar-refractivity contribution in [2.75, 3.05) is 11.9 Å². The van der Waals surface area contributed by atoms with Gasteiger partial charge >= 0.3 is 0 Å². The lowest BCUT2D eigenvalue weighted by atomic mass is 9.83. The largest absolute Gasteiger partial charge is 0.486 e. The fourth-order valence-electron chi connectivity index (χ4n) is 3.74. The van der Waals surface area contributed by atoms with Crippen LogP contribution >= 0.6 is 0 Å². The van der Waals surface area contributed by atoms with E-state index in [9.17, 15) is 9.90 Å². The number of para-hydroxylation sites is 2. The number of likely N-dealkylation sites (N-methyl/N-ethyl adjacent to an activating group) is 1. The van der Waals surface area contributed by atoms with Gasteiger partial charge in [-0.25, -0.2) is 0 Å². The third kappa shape index (κ3) is 2.80. The monoisotopic (exact) mass is 340 g/mol. The zero-order chi connectivity index (χ0) is 17.4. The van der Waals surface area contributed by atoms with Crippen molar-refractivity contribution < 1.29 is 14.6 Å². The molecular formula is C18H20N4O3. The first kappa shape index (κ1) is 15.8. The van der Waals surface area contributed by atoms with Crippen molar-refractivity contribution >= 4 is 11.6 Å². The number of nitrogens with zero attached hydrogens (tertiary/aromatic N) is 3. The Morgan fingerprint density at radius 2 is 2.12 bits per heavy atom. The van der Waals surface area contributed by atoms with Gasteiger partial charge in [0.2, 0.25) is 0 Å². The number of hydrogen-bond acceptors (Lipinski definition) is 6. The highest BCUT2D eigenvalue weighted by Gasteiger charge is 2.45. The summed E-state index contributed by atoms with van der Waals surface area (Å²) in [5, 5.41) is 21.3. The molecule has 1 amide bonds. The molecule has 1 aliphatic carbocycles. The zero-order valence-corrected chi connectivity index (χ0v) is 13.9. The van der Waals surface area contributed by atoms with Gasteiger partial charge in [0, 0.05) is 13.2 Å². The van der Waals surface area contributed by atoms with E-state index in [1.54, 1.807) is 12.1 Å². The van der Waals surface area contributed by atoms with Crippen molar-refractivity contribution in [3.8, 4) is 5.75 Å². The average molecular weight is 340 g/mol. The van der Waals surface area contributed by atoms with E-state index >= 15 is 0 Å². The van der Waals surface area contributed by atoms with Gasteiger partial charge in [-0.1, -0.05) is 12.1 Å². The van der Waals surface area contributed by atoms with Crippen molar-refractivity contribution in [3.63, 3.8) is 0 Å². The van der Waals surface area contributed by atoms with Gasteiger partial charge in [0.1, 0.15) is 11.9 Å². The first-order valence-electron chi connectivity index (χ1n) is 8.40. The third-order valence-electron chi connectivity index (χ3n) is 5.00. The highest BCUT2D eigenvalue weighted by Crippen LogP contribution is 2.39. The van der Waals surface area contributed by atoms with Crippen LogP contribution in [0.1, 0.15) is 23.3 Å². The predicted octanol–water partition coefficient (Wildman–Crippen LogP) is 0.996. The van der Waals surface area contributed by atoms with Gasteiger partial charge < -0.3 is 20.1 Å². The minimum atomic E-state index is -0.738. The molecule has 1 saturated carbocycles. The molecule has 1 aliphatic heterocycles. The standard InChI is InChI=1S/C18H20N4O3/c1-22-13-6-2-3-7-14(13)25-15-9-8-11(17(23)16(15)22)20-18(24)12-5-4-10-19-21-12/h2-7,10-11,15-17,23H,8-9H2,1H3,(H,20,24)/t11-,15-,16-,17-/m1/s1. The maximum Gasteiger partial charge on any atom is 0.272 e. The van der Waals surface area contributed by atoms with Crippen LogP contribution in [0.4, 0.5) is 5.69 Å². The van der Waals surface area contributed by atoms with E-state index < -0.39 is 6.10 Å². The molecule has 7 nitrogen and oxygen atoms in total. The number of amides is 1. The molecular weight excluding hydrogens is 320 g/mol. The Hall–Kier alpha value is -2.67. The fraction of sp³-hybridized carbons (Fsp3) is 0.389. The van der Waals surface area contributed by atoms with Gasteiger partial charge in [-0.2, -0.15) is 5.10 Å². The van der Waals surface area contributed by atoms with Crippen LogP contribution in [0.25, 0.3) is 0 Å². The van der Waals surface area contributed by atoms with E-state index in [0.29, 0.717) is 6.42 Å². The lowest BCUT2D eigenvalue weighted by molar-refractivity contribution is -0.000983. The van der Waals surface area contributed by atoms with Crippen LogP contribution in [-0.2, 0) is 0 Å². The van der Waals surface area contributed by atoms with Gasteiger partial charge in [-0.3, -0.25) is 4.79 Å². The number of carbonyl (C=O) groups is 1. The molecule has 4 rings (SSSR count). The summed E-state index contributed by atoms with van der Waals surface area (Å²) >= 11 is 0. The molecule has 2 aromatic rings. The highest BCUT2D eigenvalue weighted by molar-refractivity contribution is 5.92. The number of carbonyl (C=O) groups excluding carboxylic acids is 1. The van der Waals surface area contributed by atoms with Crippen LogP contribution in [0.2, 0.25) is 0 Å². The number of ether oxygens (including phenoxy) is 1. The van der Waals surface area contributed by atoms with Crippen LogP contribution in [0, 0.1) is 0 Å². The van der Waals surface area contributed by atoms with Crippen LogP contribution in [0.3, 0.4) is 0 Å². The number of aliphatic hydroxyl groups excluding tert-OH is 1. The number of aromatic nitrogens is 2. The number of fused-ring (bicyclic) bond motifs is 2. The predicted molar refractivity (Wildman–Crippen MR) is 91.6 cm³/mol. The molecule has 0 spiro atoms. The fourth-order valence-corrected chi connectivity index (χ4v) is 3.74. The maximum absolute atomic E-state index is 12.3. The molecule has 25 heavy (non-hydrogen) atoms. The van der Waals surface area contributed by atoms with E-state index in [2.05, 4.69) is 20.4 Å². The van der Waals surface area contributed by atoms with Gasteiger partial charge in [0.25, 0.3) is 5.91 Å². The molecule has 0 saturated heterocycles. The normalized spacial score (nSPS) is 27.7. The Morgan fingerprint density at radius 1 is 1.28 bits per heavy atom. The minimum Gasteiger partial charge on any atom is -0.486 e. The van der Waals surface area contributed by atoms with Crippen LogP contribution in [0.5, 0.6) is 5.75 Å². The van der Waals surface area contributed by atoms with Crippen molar-refractivity contribution in [2.45, 2.75) is 37.1 Å². The third-order valence-corrected chi connectivity index (χ3v) is 5.00. The van der Waals surface area contributed by atoms with Gasteiger partial charge in [0.05, 0.1) is 23.9 Å². The smallest absolute Gasteiger partial charge is 0.272 e. The first-order chi connectivity index (χ1) is 12.1. The number of nitrogens with one attached hydrogen (secondary N) is 1. The molecule has 130 valence electrons. The average Bonchev–Trinajstić information content (AvgIpc) is 2.65. The summed E-state index contributed by atoms with van der Waals surface area (Å²) < 4.78 is 6.08. The summed E-state index contributed by atoms with van der Waals surface area (Å²) in [7, 11) is 1.95. The molecule has 4 atom stereocenters. The van der Waals surface area contributed by atoms with Gasteiger partial charge in [-0.15, -0.1) is 5.10 Å². The molecule has 2 heterocycles. The number of anilines is 1. The van der Waals surface area contributed by atoms with E-state index in [1.807, 2.05) is 31.3 Å².